The van der Waals surface area contributed by atoms with Crippen LogP contribution in [0.2, 0.25) is 0 Å². The molecule has 13 heteroatoms. The molecule has 0 fully saturated rings. The predicted molar refractivity (Wildman–Crippen MR) is 180 cm³/mol. The van der Waals surface area contributed by atoms with E-state index in [1.807, 2.05) is 57.8 Å². The van der Waals surface area contributed by atoms with E-state index in [9.17, 15) is 19.2 Å². The fourth-order valence-corrected chi connectivity index (χ4v) is 5.30. The smallest absolute Gasteiger partial charge is 0.252 e. The molecule has 4 amide bonds. The van der Waals surface area contributed by atoms with Crippen molar-refractivity contribution in [2.75, 3.05) is 67.5 Å². The minimum Gasteiger partial charge on any atom is -0.356 e. The fraction of sp³-hybridized carbons (Fsp3) is 0.467. The van der Waals surface area contributed by atoms with Gasteiger partial charge in [0.25, 0.3) is 11.8 Å². The average Bonchev–Trinajstić information content (AvgIpc) is 3.43. The number of halogens is 2. The van der Waals surface area contributed by atoms with Crippen LogP contribution in [0.4, 0.5) is 0 Å². The van der Waals surface area contributed by atoms with E-state index in [0.29, 0.717) is 24.2 Å². The fourth-order valence-electron chi connectivity index (χ4n) is 4.38. The number of amides is 4. The Hall–Kier alpha value is -2.96. The van der Waals surface area contributed by atoms with Gasteiger partial charge in [-0.15, -0.1) is 36.2 Å². The van der Waals surface area contributed by atoms with Crippen LogP contribution < -0.4 is 21.3 Å². The Balaban J connectivity index is 0.00000462. The first-order chi connectivity index (χ1) is 19.7. The van der Waals surface area contributed by atoms with Gasteiger partial charge in [0.15, 0.2) is 0 Å². The van der Waals surface area contributed by atoms with Gasteiger partial charge in [-0.25, -0.2) is 0 Å². The molecule has 238 valence electrons. The third-order valence-electron chi connectivity index (χ3n) is 6.54. The molecule has 10 nitrogen and oxygen atoms in total. The summed E-state index contributed by atoms with van der Waals surface area (Å²) >= 11 is 1.46. The number of nitrogens with zero attached hydrogens (tertiary/aromatic N) is 2. The van der Waals surface area contributed by atoms with Gasteiger partial charge in [-0.1, -0.05) is 6.07 Å². The van der Waals surface area contributed by atoms with Crippen molar-refractivity contribution >= 4 is 80.6 Å². The summed E-state index contributed by atoms with van der Waals surface area (Å²) < 4.78 is 0.826. The molecule has 0 saturated carbocycles. The molecule has 3 aromatic rings. The zero-order chi connectivity index (χ0) is 29.8. The molecular formula is C30H44Cl2N6O4S. The molecule has 1 heterocycles. The average molecular weight is 656 g/mol. The van der Waals surface area contributed by atoms with Crippen LogP contribution in [0.15, 0.2) is 35.7 Å². The molecule has 1 aromatic heterocycles. The van der Waals surface area contributed by atoms with Crippen molar-refractivity contribution in [3.63, 3.8) is 0 Å². The normalized spacial score (nSPS) is 10.7. The minimum absolute atomic E-state index is 0. The molecule has 4 N–H and O–H groups in total. The Labute approximate surface area is 270 Å². The van der Waals surface area contributed by atoms with Gasteiger partial charge in [0, 0.05) is 54.7 Å². The Kier molecular flexibility index (Phi) is 17.1. The SMILES string of the molecule is CN(C)CCCNC(=O)CCNC(=O)c1ccc2cc(C(=O)NCCC(=O)NCCCN(C)C)c3sccc3c2c1.Cl.Cl. The Morgan fingerprint density at radius 3 is 1.79 bits per heavy atom. The van der Waals surface area contributed by atoms with Gasteiger partial charge in [-0.3, -0.25) is 19.2 Å². The zero-order valence-electron chi connectivity index (χ0n) is 25.3. The lowest BCUT2D eigenvalue weighted by Crippen LogP contribution is -2.32. The van der Waals surface area contributed by atoms with Crippen LogP contribution in [0.3, 0.4) is 0 Å². The van der Waals surface area contributed by atoms with E-state index in [1.165, 1.54) is 11.3 Å². The van der Waals surface area contributed by atoms with Crippen molar-refractivity contribution in [3.05, 3.63) is 46.8 Å². The van der Waals surface area contributed by atoms with Crippen LogP contribution in [0.1, 0.15) is 46.4 Å². The van der Waals surface area contributed by atoms with E-state index in [0.717, 1.165) is 46.8 Å². The topological polar surface area (TPSA) is 123 Å². The molecule has 0 saturated heterocycles. The van der Waals surface area contributed by atoms with Crippen molar-refractivity contribution in [2.24, 2.45) is 0 Å². The van der Waals surface area contributed by atoms with E-state index in [4.69, 9.17) is 0 Å². The lowest BCUT2D eigenvalue weighted by Gasteiger charge is -2.11. The first kappa shape index (κ1) is 38.1. The first-order valence-corrected chi connectivity index (χ1v) is 14.9. The molecule has 0 radical (unpaired) electrons. The highest BCUT2D eigenvalue weighted by atomic mass is 35.5. The van der Waals surface area contributed by atoms with Crippen LogP contribution in [-0.2, 0) is 9.59 Å². The third-order valence-corrected chi connectivity index (χ3v) is 7.49. The highest BCUT2D eigenvalue weighted by Crippen LogP contribution is 2.33. The molecular weight excluding hydrogens is 611 g/mol. The number of rotatable bonds is 16. The molecule has 0 aliphatic rings. The van der Waals surface area contributed by atoms with Gasteiger partial charge in [0.1, 0.15) is 0 Å². The maximum Gasteiger partial charge on any atom is 0.252 e. The first-order valence-electron chi connectivity index (χ1n) is 14.0. The summed E-state index contributed by atoms with van der Waals surface area (Å²) in [6.45, 7) is 3.52. The molecule has 0 bridgehead atoms. The molecule has 0 unspecified atom stereocenters. The van der Waals surface area contributed by atoms with Crippen LogP contribution in [0.25, 0.3) is 20.9 Å². The largest absolute Gasteiger partial charge is 0.356 e. The summed E-state index contributed by atoms with van der Waals surface area (Å²) in [5.74, 6) is -0.664. The lowest BCUT2D eigenvalue weighted by atomic mass is 10.00. The van der Waals surface area contributed by atoms with Gasteiger partial charge >= 0.3 is 0 Å². The quantitative estimate of drug-likeness (QED) is 0.176. The lowest BCUT2D eigenvalue weighted by molar-refractivity contribution is -0.121. The Bertz CT molecular complexity index is 1370. The highest BCUT2D eigenvalue weighted by molar-refractivity contribution is 7.17. The number of carbonyl (C=O) groups excluding carboxylic acids is 4. The van der Waals surface area contributed by atoms with Gasteiger partial charge in [0.05, 0.1) is 5.56 Å². The number of carbonyl (C=O) groups is 4. The van der Waals surface area contributed by atoms with Crippen LogP contribution >= 0.6 is 36.2 Å². The maximum atomic E-state index is 13.0. The number of thiophene rings is 1. The van der Waals surface area contributed by atoms with Gasteiger partial charge in [-0.05, 0) is 94.5 Å². The van der Waals surface area contributed by atoms with Crippen LogP contribution in [-0.4, -0.2) is 101 Å². The monoisotopic (exact) mass is 654 g/mol. The third kappa shape index (κ3) is 12.3. The van der Waals surface area contributed by atoms with Gasteiger partial charge in [0.2, 0.25) is 11.8 Å². The van der Waals surface area contributed by atoms with E-state index < -0.39 is 0 Å². The molecule has 0 atom stereocenters. The zero-order valence-corrected chi connectivity index (χ0v) is 27.7. The van der Waals surface area contributed by atoms with Gasteiger partial charge < -0.3 is 31.1 Å². The summed E-state index contributed by atoms with van der Waals surface area (Å²) in [7, 11) is 7.96. The second kappa shape index (κ2) is 19.3. The molecule has 0 aliphatic carbocycles. The molecule has 43 heavy (non-hydrogen) atoms. The minimum atomic E-state index is -0.252. The number of hydrogen-bond acceptors (Lipinski definition) is 7. The second-order valence-electron chi connectivity index (χ2n) is 10.5. The summed E-state index contributed by atoms with van der Waals surface area (Å²) in [6, 6.07) is 9.15. The summed E-state index contributed by atoms with van der Waals surface area (Å²) in [6.07, 6.45) is 2.17. The maximum absolute atomic E-state index is 13.0. The van der Waals surface area contributed by atoms with Crippen molar-refractivity contribution < 1.29 is 19.2 Å². The predicted octanol–water partition coefficient (Wildman–Crippen LogP) is 3.27. The van der Waals surface area contributed by atoms with Crippen molar-refractivity contribution in [2.45, 2.75) is 25.7 Å². The van der Waals surface area contributed by atoms with E-state index >= 15 is 0 Å². The molecule has 2 aromatic carbocycles. The van der Waals surface area contributed by atoms with Crippen molar-refractivity contribution in [1.82, 2.24) is 31.1 Å². The van der Waals surface area contributed by atoms with Crippen molar-refractivity contribution in [3.8, 4) is 0 Å². The van der Waals surface area contributed by atoms with Crippen molar-refractivity contribution in [1.29, 1.82) is 0 Å². The van der Waals surface area contributed by atoms with E-state index in [1.54, 1.807) is 6.07 Å². The van der Waals surface area contributed by atoms with Gasteiger partial charge in [-0.2, -0.15) is 0 Å². The van der Waals surface area contributed by atoms with E-state index in [2.05, 4.69) is 31.1 Å². The summed E-state index contributed by atoms with van der Waals surface area (Å²) in [5.41, 5.74) is 1.04. The summed E-state index contributed by atoms with van der Waals surface area (Å²) in [5, 5.41) is 16.0. The number of nitrogens with one attached hydrogen (secondary N) is 4. The molecule has 3 rings (SSSR count). The number of fused-ring (bicyclic) bond motifs is 3. The summed E-state index contributed by atoms with van der Waals surface area (Å²) in [4.78, 5) is 54.1. The number of hydrogen-bond donors (Lipinski definition) is 4. The van der Waals surface area contributed by atoms with E-state index in [-0.39, 0.29) is 74.4 Å². The Morgan fingerprint density at radius 2 is 1.23 bits per heavy atom. The molecule has 0 aliphatic heterocycles. The standard InChI is InChI=1S/C30H42N6O4S.2ClH/c1-35(2)16-5-12-31-26(37)9-14-33-29(39)22-8-7-21-19-25(28-23(11-18-41-28)24(21)20-22)30(40)34-15-10-27(38)32-13-6-17-36(3)4;;/h7-8,11,18-20H,5-6,9-10,12-17H2,1-4H3,(H,31,37)(H,32,38)(H,33,39)(H,34,40);2*1H. The Morgan fingerprint density at radius 1 is 0.674 bits per heavy atom. The van der Waals surface area contributed by atoms with Crippen LogP contribution in [0.5, 0.6) is 0 Å². The second-order valence-corrected chi connectivity index (χ2v) is 11.5. The highest BCUT2D eigenvalue weighted by Gasteiger charge is 2.16. The number of benzene rings is 2. The molecule has 0 spiro atoms. The van der Waals surface area contributed by atoms with Crippen LogP contribution in [0, 0.1) is 0 Å².